The van der Waals surface area contributed by atoms with Crippen LogP contribution in [0.4, 0.5) is 14.6 Å². The van der Waals surface area contributed by atoms with Crippen molar-refractivity contribution in [2.75, 3.05) is 44.7 Å². The highest BCUT2D eigenvalue weighted by Crippen LogP contribution is 2.57. The van der Waals surface area contributed by atoms with Crippen LogP contribution in [0.25, 0.3) is 0 Å². The van der Waals surface area contributed by atoms with Crippen LogP contribution in [0.2, 0.25) is 5.02 Å². The van der Waals surface area contributed by atoms with Crippen molar-refractivity contribution >= 4 is 23.3 Å². The van der Waals surface area contributed by atoms with Crippen LogP contribution in [0, 0.1) is 16.7 Å². The molecule has 1 amide bonds. The quantitative estimate of drug-likeness (QED) is 0.421. The van der Waals surface area contributed by atoms with Crippen molar-refractivity contribution in [1.29, 1.82) is 5.26 Å². The first kappa shape index (κ1) is 29.8. The molecule has 8 nitrogen and oxygen atoms in total. The zero-order valence-corrected chi connectivity index (χ0v) is 25.6. The lowest BCUT2D eigenvalue weighted by atomic mass is 9.68. The number of nitrogens with zero attached hydrogens (tertiary/aromatic N) is 6. The molecule has 0 bridgehead atoms. The van der Waals surface area contributed by atoms with Crippen LogP contribution < -0.4 is 9.64 Å². The van der Waals surface area contributed by atoms with E-state index in [4.69, 9.17) is 26.3 Å². The number of alkyl halides is 1. The first-order valence-electron chi connectivity index (χ1n) is 14.9. The van der Waals surface area contributed by atoms with Gasteiger partial charge in [-0.15, -0.1) is 0 Å². The number of amides is 1. The van der Waals surface area contributed by atoms with E-state index in [0.29, 0.717) is 60.9 Å². The molecule has 3 heterocycles. The Morgan fingerprint density at radius 2 is 1.98 bits per heavy atom. The van der Waals surface area contributed by atoms with Gasteiger partial charge < -0.3 is 14.5 Å². The highest BCUT2D eigenvalue weighted by molar-refractivity contribution is 6.31. The van der Waals surface area contributed by atoms with Gasteiger partial charge in [-0.05, 0) is 55.3 Å². The number of likely N-dealkylation sites (N-methyl/N-ethyl adjacent to an activating group) is 1. The summed E-state index contributed by atoms with van der Waals surface area (Å²) < 4.78 is 37.0. The first-order chi connectivity index (χ1) is 20.5. The van der Waals surface area contributed by atoms with Gasteiger partial charge in [-0.2, -0.15) is 15.2 Å². The molecule has 2 aliphatic heterocycles. The van der Waals surface area contributed by atoms with Gasteiger partial charge in [0.15, 0.2) is 12.0 Å². The van der Waals surface area contributed by atoms with E-state index in [2.05, 4.69) is 31.4 Å². The molecule has 0 radical (unpaired) electrons. The van der Waals surface area contributed by atoms with E-state index in [-0.39, 0.29) is 37.0 Å². The molecule has 2 fully saturated rings. The predicted octanol–water partition coefficient (Wildman–Crippen LogP) is 5.10. The van der Waals surface area contributed by atoms with Gasteiger partial charge in [0, 0.05) is 48.2 Å². The maximum atomic E-state index is 17.0. The number of ether oxygens (including phenoxy) is 1. The number of carbonyl (C=O) groups is 1. The number of fused-ring (bicyclic) bond motifs is 3. The monoisotopic (exact) mass is 610 g/mol. The fraction of sp³-hybridized carbons (Fsp3) is 0.562. The van der Waals surface area contributed by atoms with Crippen LogP contribution in [0.15, 0.2) is 30.6 Å². The standard InChI is InChI=1S/C32H37ClF2N6O2/c1-19(34)29(42)41-15-14-40(16-20(41)10-13-36)28-22-9-12-32(11-8-21-23(32)6-5-7-24(21)33)27(35)26(22)37-30(38-28)43-17-25-31(2,3)18-39(25)4/h5-7,20,25,27H,1,8-12,14-18H2,2-4H3/t20-,25+,27-,32+/m0/s1. The smallest absolute Gasteiger partial charge is 0.318 e. The van der Waals surface area contributed by atoms with Gasteiger partial charge in [-0.3, -0.25) is 9.69 Å². The van der Waals surface area contributed by atoms with Crippen molar-refractivity contribution in [3.63, 3.8) is 0 Å². The normalized spacial score (nSPS) is 27.7. The zero-order chi connectivity index (χ0) is 30.7. The minimum atomic E-state index is -1.39. The van der Waals surface area contributed by atoms with Gasteiger partial charge in [0.2, 0.25) is 0 Å². The predicted molar refractivity (Wildman–Crippen MR) is 160 cm³/mol. The minimum Gasteiger partial charge on any atom is -0.462 e. The lowest BCUT2D eigenvalue weighted by molar-refractivity contribution is -0.131. The second-order valence-corrected chi connectivity index (χ2v) is 13.5. The Kier molecular flexibility index (Phi) is 7.62. The van der Waals surface area contributed by atoms with E-state index in [0.717, 1.165) is 17.7 Å². The summed E-state index contributed by atoms with van der Waals surface area (Å²) in [7, 11) is 2.05. The summed E-state index contributed by atoms with van der Waals surface area (Å²) in [6, 6.07) is 7.54. The molecule has 0 N–H and O–H groups in total. The molecule has 1 aromatic carbocycles. The van der Waals surface area contributed by atoms with Crippen LogP contribution >= 0.6 is 11.6 Å². The third kappa shape index (κ3) is 4.95. The van der Waals surface area contributed by atoms with Crippen LogP contribution in [-0.4, -0.2) is 77.6 Å². The number of aromatic nitrogens is 2. The summed E-state index contributed by atoms with van der Waals surface area (Å²) in [5.41, 5.74) is 2.33. The van der Waals surface area contributed by atoms with Gasteiger partial charge in [-0.25, -0.2) is 8.78 Å². The molecule has 6 rings (SSSR count). The minimum absolute atomic E-state index is 0.0155. The molecule has 11 heteroatoms. The van der Waals surface area contributed by atoms with Crippen LogP contribution in [0.1, 0.15) is 61.7 Å². The number of rotatable bonds is 6. The molecule has 4 atom stereocenters. The summed E-state index contributed by atoms with van der Waals surface area (Å²) >= 11 is 6.53. The maximum Gasteiger partial charge on any atom is 0.318 e. The first-order valence-corrected chi connectivity index (χ1v) is 15.3. The van der Waals surface area contributed by atoms with Gasteiger partial charge >= 0.3 is 6.01 Å². The lowest BCUT2D eigenvalue weighted by Crippen LogP contribution is -2.62. The van der Waals surface area contributed by atoms with Gasteiger partial charge in [-0.1, -0.05) is 44.2 Å². The summed E-state index contributed by atoms with van der Waals surface area (Å²) in [6.45, 7) is 9.60. The average molecular weight is 611 g/mol. The molecule has 2 saturated heterocycles. The van der Waals surface area contributed by atoms with E-state index in [1.54, 1.807) is 0 Å². The Morgan fingerprint density at radius 1 is 1.23 bits per heavy atom. The van der Waals surface area contributed by atoms with Crippen LogP contribution in [0.5, 0.6) is 6.01 Å². The number of hydrogen-bond donors (Lipinski definition) is 0. The number of carbonyl (C=O) groups excluding carboxylic acids is 1. The van der Waals surface area contributed by atoms with E-state index in [1.165, 1.54) is 4.90 Å². The van der Waals surface area contributed by atoms with Gasteiger partial charge in [0.1, 0.15) is 12.4 Å². The topological polar surface area (TPSA) is 85.6 Å². The summed E-state index contributed by atoms with van der Waals surface area (Å²) in [5, 5.41) is 10.2. The Hall–Kier alpha value is -3.29. The molecule has 0 unspecified atom stereocenters. The Morgan fingerprint density at radius 3 is 2.65 bits per heavy atom. The molecule has 2 aromatic rings. The molecular weight excluding hydrogens is 574 g/mol. The van der Waals surface area contributed by atoms with E-state index >= 15 is 4.39 Å². The van der Waals surface area contributed by atoms with Gasteiger partial charge in [0.25, 0.3) is 5.91 Å². The third-order valence-corrected chi connectivity index (χ3v) is 10.4. The lowest BCUT2D eigenvalue weighted by Gasteiger charge is -2.52. The highest BCUT2D eigenvalue weighted by Gasteiger charge is 2.51. The number of hydrogen-bond acceptors (Lipinski definition) is 7. The fourth-order valence-electron chi connectivity index (χ4n) is 7.86. The maximum absolute atomic E-state index is 17.0. The molecule has 228 valence electrons. The molecule has 4 aliphatic rings. The Balaban J connectivity index is 1.38. The molecule has 43 heavy (non-hydrogen) atoms. The van der Waals surface area contributed by atoms with Crippen molar-refractivity contribution in [3.05, 3.63) is 58.0 Å². The molecule has 1 aromatic heterocycles. The SMILES string of the molecule is C=C(F)C(=O)N1CCN(c2nc(OC[C@H]3N(C)CC3(C)C)nc3c2CC[C@@]2(CCc4c(Cl)cccc42)[C@H]3F)C[C@@H]1CC#N. The van der Waals surface area contributed by atoms with E-state index in [1.807, 2.05) is 30.1 Å². The number of piperazine rings is 1. The second kappa shape index (κ2) is 11.0. The van der Waals surface area contributed by atoms with Crippen molar-refractivity contribution in [1.82, 2.24) is 19.8 Å². The zero-order valence-electron chi connectivity index (χ0n) is 24.9. The van der Waals surface area contributed by atoms with Gasteiger partial charge in [0.05, 0.1) is 24.2 Å². The van der Waals surface area contributed by atoms with Crippen LogP contribution in [0.3, 0.4) is 0 Å². The third-order valence-electron chi connectivity index (χ3n) is 10.1. The van der Waals surface area contributed by atoms with E-state index < -0.39 is 29.4 Å². The van der Waals surface area contributed by atoms with Crippen LogP contribution in [-0.2, 0) is 23.1 Å². The number of anilines is 1. The second-order valence-electron chi connectivity index (χ2n) is 13.1. The molecule has 2 aliphatic carbocycles. The van der Waals surface area contributed by atoms with Crippen molar-refractivity contribution in [2.45, 2.75) is 69.6 Å². The summed E-state index contributed by atoms with van der Waals surface area (Å²) in [4.78, 5) is 27.6. The van der Waals surface area contributed by atoms with Crippen molar-refractivity contribution < 1.29 is 18.3 Å². The number of nitriles is 1. The Labute approximate surface area is 256 Å². The number of likely N-dealkylation sites (tertiary alicyclic amines) is 1. The summed E-state index contributed by atoms with van der Waals surface area (Å²) in [5.74, 6) is -1.32. The Bertz CT molecular complexity index is 1510. The molecule has 1 spiro atoms. The number of benzene rings is 1. The summed E-state index contributed by atoms with van der Waals surface area (Å²) in [6.07, 6.45) is 1.10. The van der Waals surface area contributed by atoms with Crippen molar-refractivity contribution in [2.24, 2.45) is 5.41 Å². The van der Waals surface area contributed by atoms with E-state index in [9.17, 15) is 14.4 Å². The molecular formula is C32H37ClF2N6O2. The number of halogens is 3. The largest absolute Gasteiger partial charge is 0.462 e. The fourth-order valence-corrected chi connectivity index (χ4v) is 8.13. The highest BCUT2D eigenvalue weighted by atomic mass is 35.5. The average Bonchev–Trinajstić information content (AvgIpc) is 3.34. The molecule has 0 saturated carbocycles. The van der Waals surface area contributed by atoms with Crippen molar-refractivity contribution in [3.8, 4) is 12.1 Å².